The fraction of sp³-hybridized carbons (Fsp3) is 0.375. The maximum Gasteiger partial charge on any atom is 0.241 e. The van der Waals surface area contributed by atoms with Crippen LogP contribution < -0.4 is 0 Å². The zero-order valence-electron chi connectivity index (χ0n) is 6.09. The van der Waals surface area contributed by atoms with Gasteiger partial charge in [-0.2, -0.15) is 11.3 Å². The van der Waals surface area contributed by atoms with Crippen LogP contribution in [0.4, 0.5) is 5.00 Å². The normalized spacial score (nSPS) is 9.80. The summed E-state index contributed by atoms with van der Waals surface area (Å²) in [6.07, 6.45) is 0. The molecule has 52 valence electrons. The molecular weight excluding hydrogens is 142 g/mol. The van der Waals surface area contributed by atoms with Gasteiger partial charge in [0.25, 0.3) is 0 Å². The molecule has 0 aliphatic rings. The summed E-state index contributed by atoms with van der Waals surface area (Å²) < 4.78 is 0. The first-order valence-electron chi connectivity index (χ1n) is 3.21. The van der Waals surface area contributed by atoms with E-state index in [4.69, 9.17) is 6.57 Å². The Balaban J connectivity index is 2.91. The second-order valence-corrected chi connectivity index (χ2v) is 3.54. The zero-order chi connectivity index (χ0) is 7.56. The van der Waals surface area contributed by atoms with Crippen LogP contribution in [-0.4, -0.2) is 0 Å². The van der Waals surface area contributed by atoms with Gasteiger partial charge in [-0.15, -0.1) is 0 Å². The SMILES string of the molecule is [C-]#[N+]c1ccc(C(C)C)s1. The first-order chi connectivity index (χ1) is 4.74. The number of hydrogen-bond acceptors (Lipinski definition) is 1. The van der Waals surface area contributed by atoms with Crippen molar-refractivity contribution < 1.29 is 0 Å². The number of thiophene rings is 1. The summed E-state index contributed by atoms with van der Waals surface area (Å²) in [5.41, 5.74) is 0. The van der Waals surface area contributed by atoms with Crippen molar-refractivity contribution in [2.75, 3.05) is 0 Å². The monoisotopic (exact) mass is 151 g/mol. The van der Waals surface area contributed by atoms with Crippen molar-refractivity contribution in [2.24, 2.45) is 0 Å². The van der Waals surface area contributed by atoms with Gasteiger partial charge in [-0.3, -0.25) is 0 Å². The second-order valence-electron chi connectivity index (χ2n) is 2.44. The second kappa shape index (κ2) is 2.85. The number of rotatable bonds is 1. The van der Waals surface area contributed by atoms with Crippen molar-refractivity contribution in [3.8, 4) is 0 Å². The molecule has 0 N–H and O–H groups in total. The molecule has 0 spiro atoms. The highest BCUT2D eigenvalue weighted by atomic mass is 32.1. The Kier molecular flexibility index (Phi) is 2.08. The molecule has 0 saturated heterocycles. The minimum Gasteiger partial charge on any atom is -0.227 e. The quantitative estimate of drug-likeness (QED) is 0.542. The van der Waals surface area contributed by atoms with Crippen LogP contribution in [0, 0.1) is 6.57 Å². The van der Waals surface area contributed by atoms with Gasteiger partial charge in [-0.05, 0) is 16.9 Å². The zero-order valence-corrected chi connectivity index (χ0v) is 6.90. The molecule has 1 aromatic rings. The molecule has 1 aromatic heterocycles. The minimum absolute atomic E-state index is 0.556. The molecule has 0 aromatic carbocycles. The molecular formula is C8H9NS. The van der Waals surface area contributed by atoms with Gasteiger partial charge in [-0.25, -0.2) is 4.85 Å². The standard InChI is InChI=1S/C8H9NS/c1-6(2)7-4-5-8(9-3)10-7/h4-6H,1-2H3. The lowest BCUT2D eigenvalue weighted by Gasteiger charge is -1.96. The molecule has 0 fully saturated rings. The third-order valence-corrected chi connectivity index (χ3v) is 2.57. The Bertz CT molecular complexity index is 254. The molecule has 0 aliphatic carbocycles. The van der Waals surface area contributed by atoms with Crippen LogP contribution in [0.5, 0.6) is 0 Å². The summed E-state index contributed by atoms with van der Waals surface area (Å²) in [5, 5.41) is 0.795. The molecule has 0 radical (unpaired) electrons. The van der Waals surface area contributed by atoms with E-state index < -0.39 is 0 Å². The van der Waals surface area contributed by atoms with E-state index in [0.29, 0.717) is 5.92 Å². The summed E-state index contributed by atoms with van der Waals surface area (Å²) in [6.45, 7) is 11.0. The maximum atomic E-state index is 6.73. The van der Waals surface area contributed by atoms with Gasteiger partial charge in [0.15, 0.2) is 0 Å². The number of hydrogen-bond donors (Lipinski definition) is 0. The van der Waals surface area contributed by atoms with Crippen LogP contribution in [0.3, 0.4) is 0 Å². The third-order valence-electron chi connectivity index (χ3n) is 1.29. The van der Waals surface area contributed by atoms with Gasteiger partial charge in [0, 0.05) is 0 Å². The Morgan fingerprint density at radius 2 is 2.20 bits per heavy atom. The fourth-order valence-corrected chi connectivity index (χ4v) is 1.51. The van der Waals surface area contributed by atoms with Crippen molar-refractivity contribution in [3.63, 3.8) is 0 Å². The molecule has 2 heteroatoms. The summed E-state index contributed by atoms with van der Waals surface area (Å²) in [7, 11) is 0. The smallest absolute Gasteiger partial charge is 0.227 e. The summed E-state index contributed by atoms with van der Waals surface area (Å²) in [6, 6.07) is 3.91. The molecule has 1 nitrogen and oxygen atoms in total. The average Bonchev–Trinajstić information content (AvgIpc) is 2.34. The fourth-order valence-electron chi connectivity index (χ4n) is 0.713. The predicted molar refractivity (Wildman–Crippen MR) is 44.7 cm³/mol. The highest BCUT2D eigenvalue weighted by molar-refractivity contribution is 7.16. The largest absolute Gasteiger partial charge is 0.241 e. The van der Waals surface area contributed by atoms with Crippen LogP contribution in [0.1, 0.15) is 24.6 Å². The molecule has 1 rings (SSSR count). The van der Waals surface area contributed by atoms with Crippen molar-refractivity contribution in [1.82, 2.24) is 0 Å². The van der Waals surface area contributed by atoms with E-state index in [0.717, 1.165) is 5.00 Å². The number of nitrogens with zero attached hydrogens (tertiary/aromatic N) is 1. The first-order valence-corrected chi connectivity index (χ1v) is 4.03. The van der Waals surface area contributed by atoms with Crippen molar-refractivity contribution >= 4 is 16.3 Å². The van der Waals surface area contributed by atoms with E-state index in [1.54, 1.807) is 11.3 Å². The molecule has 0 amide bonds. The van der Waals surface area contributed by atoms with Gasteiger partial charge in [-0.1, -0.05) is 19.9 Å². The van der Waals surface area contributed by atoms with Crippen LogP contribution in [-0.2, 0) is 0 Å². The summed E-state index contributed by atoms with van der Waals surface area (Å²) in [4.78, 5) is 4.64. The summed E-state index contributed by atoms with van der Waals surface area (Å²) >= 11 is 1.59. The lowest BCUT2D eigenvalue weighted by atomic mass is 10.2. The molecule has 0 unspecified atom stereocenters. The first kappa shape index (κ1) is 7.30. The summed E-state index contributed by atoms with van der Waals surface area (Å²) in [5.74, 6) is 0.556. The molecule has 0 bridgehead atoms. The van der Waals surface area contributed by atoms with Crippen molar-refractivity contribution in [3.05, 3.63) is 28.4 Å². The van der Waals surface area contributed by atoms with E-state index in [9.17, 15) is 0 Å². The van der Waals surface area contributed by atoms with Crippen LogP contribution in [0.15, 0.2) is 12.1 Å². The van der Waals surface area contributed by atoms with Crippen molar-refractivity contribution in [2.45, 2.75) is 19.8 Å². The van der Waals surface area contributed by atoms with Crippen LogP contribution >= 0.6 is 11.3 Å². The molecule has 1 heterocycles. The lowest BCUT2D eigenvalue weighted by molar-refractivity contribution is 0.890. The highest BCUT2D eigenvalue weighted by Gasteiger charge is 2.01. The van der Waals surface area contributed by atoms with E-state index in [1.807, 2.05) is 12.1 Å². The van der Waals surface area contributed by atoms with E-state index in [1.165, 1.54) is 4.88 Å². The molecule has 0 saturated carbocycles. The van der Waals surface area contributed by atoms with E-state index in [-0.39, 0.29) is 0 Å². The van der Waals surface area contributed by atoms with Crippen molar-refractivity contribution in [1.29, 1.82) is 0 Å². The maximum absolute atomic E-state index is 6.73. The van der Waals surface area contributed by atoms with E-state index >= 15 is 0 Å². The van der Waals surface area contributed by atoms with Crippen LogP contribution in [0.25, 0.3) is 4.85 Å². The van der Waals surface area contributed by atoms with Crippen LogP contribution in [0.2, 0.25) is 0 Å². The molecule has 10 heavy (non-hydrogen) atoms. The van der Waals surface area contributed by atoms with E-state index in [2.05, 4.69) is 18.7 Å². The van der Waals surface area contributed by atoms with Gasteiger partial charge >= 0.3 is 0 Å². The van der Waals surface area contributed by atoms with Gasteiger partial charge in [0.05, 0.1) is 6.57 Å². The Labute approximate surface area is 65.1 Å². The Morgan fingerprint density at radius 1 is 1.50 bits per heavy atom. The van der Waals surface area contributed by atoms with Gasteiger partial charge in [0.1, 0.15) is 0 Å². The van der Waals surface area contributed by atoms with Gasteiger partial charge < -0.3 is 0 Å². The molecule has 0 atom stereocenters. The molecule has 0 aliphatic heterocycles. The average molecular weight is 151 g/mol. The van der Waals surface area contributed by atoms with Gasteiger partial charge in [0.2, 0.25) is 5.00 Å². The Hall–Kier alpha value is -0.810. The predicted octanol–water partition coefficient (Wildman–Crippen LogP) is 3.42. The third kappa shape index (κ3) is 1.37. The minimum atomic E-state index is 0.556. The topological polar surface area (TPSA) is 4.36 Å². The Morgan fingerprint density at radius 3 is 2.50 bits per heavy atom. The lowest BCUT2D eigenvalue weighted by Crippen LogP contribution is -1.77. The highest BCUT2D eigenvalue weighted by Crippen LogP contribution is 2.29.